The molecule has 106 valence electrons. The van der Waals surface area contributed by atoms with E-state index < -0.39 is 5.97 Å². The molecule has 0 heterocycles. The first-order valence-corrected chi connectivity index (χ1v) is 6.47. The normalized spacial score (nSPS) is 10.1. The van der Waals surface area contributed by atoms with Gasteiger partial charge in [0.15, 0.2) is 0 Å². The predicted octanol–water partition coefficient (Wildman–Crippen LogP) is 1.05. The molecule has 0 saturated carbocycles. The second-order valence-corrected chi connectivity index (χ2v) is 4.15. The van der Waals surface area contributed by atoms with Gasteiger partial charge in [-0.05, 0) is 19.3 Å². The Morgan fingerprint density at radius 2 is 1.89 bits per heavy atom. The predicted molar refractivity (Wildman–Crippen MR) is 68.5 cm³/mol. The van der Waals surface area contributed by atoms with Gasteiger partial charge in [0.05, 0.1) is 6.61 Å². The zero-order chi connectivity index (χ0) is 13.8. The van der Waals surface area contributed by atoms with E-state index in [0.717, 1.165) is 19.3 Å². The second-order valence-electron chi connectivity index (χ2n) is 4.15. The number of carboxylic acid groups (broad SMARTS) is 1. The highest BCUT2D eigenvalue weighted by Crippen LogP contribution is 1.99. The number of rotatable bonds is 10. The number of carbonyl (C=O) groups is 2. The van der Waals surface area contributed by atoms with Gasteiger partial charge < -0.3 is 20.4 Å². The van der Waals surface area contributed by atoms with Gasteiger partial charge in [-0.15, -0.1) is 0 Å². The van der Waals surface area contributed by atoms with Crippen LogP contribution in [0.3, 0.4) is 0 Å². The average molecular weight is 260 g/mol. The maximum atomic E-state index is 11.7. The van der Waals surface area contributed by atoms with Crippen molar-refractivity contribution in [3.05, 3.63) is 0 Å². The van der Waals surface area contributed by atoms with E-state index in [9.17, 15) is 9.59 Å². The molecule has 18 heavy (non-hydrogen) atoms. The maximum Gasteiger partial charge on any atom is 0.317 e. The van der Waals surface area contributed by atoms with E-state index in [2.05, 4.69) is 5.32 Å². The van der Waals surface area contributed by atoms with Crippen LogP contribution in [0.15, 0.2) is 0 Å². The Balaban J connectivity index is 3.63. The van der Waals surface area contributed by atoms with Gasteiger partial charge in [0.1, 0.15) is 0 Å². The quantitative estimate of drug-likeness (QED) is 0.512. The van der Waals surface area contributed by atoms with Crippen LogP contribution in [0.1, 0.15) is 39.0 Å². The van der Waals surface area contributed by atoms with Gasteiger partial charge in [-0.3, -0.25) is 4.79 Å². The minimum Gasteiger partial charge on any atom is -0.481 e. The molecule has 6 nitrogen and oxygen atoms in total. The fourth-order valence-electron chi connectivity index (χ4n) is 1.59. The highest BCUT2D eigenvalue weighted by molar-refractivity contribution is 5.74. The topological polar surface area (TPSA) is 89.9 Å². The SMILES string of the molecule is CCCN(CCO)C(=O)NCCCCCC(=O)O. The van der Waals surface area contributed by atoms with E-state index in [4.69, 9.17) is 10.2 Å². The molecule has 0 radical (unpaired) electrons. The number of aliphatic carboxylic acids is 1. The van der Waals surface area contributed by atoms with Crippen LogP contribution in [-0.2, 0) is 4.79 Å². The summed E-state index contributed by atoms with van der Waals surface area (Å²) in [4.78, 5) is 23.5. The third-order valence-corrected chi connectivity index (χ3v) is 2.49. The molecule has 0 aromatic carbocycles. The summed E-state index contributed by atoms with van der Waals surface area (Å²) in [6.45, 7) is 3.46. The molecule has 0 atom stereocenters. The molecule has 0 unspecified atom stereocenters. The largest absolute Gasteiger partial charge is 0.481 e. The zero-order valence-electron chi connectivity index (χ0n) is 11.0. The molecule has 6 heteroatoms. The Bertz CT molecular complexity index is 240. The summed E-state index contributed by atoms with van der Waals surface area (Å²) in [5.74, 6) is -0.781. The van der Waals surface area contributed by atoms with Gasteiger partial charge in [0, 0.05) is 26.1 Å². The lowest BCUT2D eigenvalue weighted by molar-refractivity contribution is -0.137. The fourth-order valence-corrected chi connectivity index (χ4v) is 1.59. The van der Waals surface area contributed by atoms with Gasteiger partial charge in [0.25, 0.3) is 0 Å². The summed E-state index contributed by atoms with van der Waals surface area (Å²) in [6.07, 6.45) is 3.24. The molecule has 0 saturated heterocycles. The lowest BCUT2D eigenvalue weighted by atomic mass is 10.2. The number of amides is 2. The Kier molecular flexibility index (Phi) is 10.0. The summed E-state index contributed by atoms with van der Waals surface area (Å²) in [5, 5.41) is 20.0. The smallest absolute Gasteiger partial charge is 0.317 e. The molecular weight excluding hydrogens is 236 g/mol. The van der Waals surface area contributed by atoms with E-state index in [-0.39, 0.29) is 19.1 Å². The Morgan fingerprint density at radius 1 is 1.17 bits per heavy atom. The number of nitrogens with zero attached hydrogens (tertiary/aromatic N) is 1. The number of aliphatic hydroxyl groups is 1. The van der Waals surface area contributed by atoms with E-state index in [1.54, 1.807) is 4.90 Å². The van der Waals surface area contributed by atoms with Crippen LogP contribution in [0.25, 0.3) is 0 Å². The van der Waals surface area contributed by atoms with E-state index >= 15 is 0 Å². The molecule has 0 rings (SSSR count). The maximum absolute atomic E-state index is 11.7. The minimum absolute atomic E-state index is 0.0357. The fraction of sp³-hybridized carbons (Fsp3) is 0.833. The molecule has 2 amide bonds. The zero-order valence-corrected chi connectivity index (χ0v) is 11.0. The van der Waals surface area contributed by atoms with Crippen molar-refractivity contribution < 1.29 is 19.8 Å². The summed E-state index contributed by atoms with van der Waals surface area (Å²) in [6, 6.07) is -0.163. The molecule has 0 aliphatic heterocycles. The number of hydrogen-bond donors (Lipinski definition) is 3. The van der Waals surface area contributed by atoms with Crippen molar-refractivity contribution in [2.75, 3.05) is 26.2 Å². The molecule has 3 N–H and O–H groups in total. The molecule has 0 aromatic rings. The standard InChI is InChI=1S/C12H24N2O4/c1-2-8-14(9-10-15)12(18)13-7-5-3-4-6-11(16)17/h15H,2-10H2,1H3,(H,13,18)(H,16,17). The number of carboxylic acids is 1. The number of carbonyl (C=O) groups excluding carboxylic acids is 1. The van der Waals surface area contributed by atoms with Crippen LogP contribution in [-0.4, -0.2) is 53.4 Å². The Hall–Kier alpha value is -1.30. The van der Waals surface area contributed by atoms with Crippen molar-refractivity contribution in [2.24, 2.45) is 0 Å². The van der Waals surface area contributed by atoms with Crippen molar-refractivity contribution in [1.82, 2.24) is 10.2 Å². The van der Waals surface area contributed by atoms with Gasteiger partial charge >= 0.3 is 12.0 Å². The van der Waals surface area contributed by atoms with Crippen LogP contribution in [0.2, 0.25) is 0 Å². The van der Waals surface area contributed by atoms with E-state index in [1.807, 2.05) is 6.92 Å². The van der Waals surface area contributed by atoms with Gasteiger partial charge in [0.2, 0.25) is 0 Å². The van der Waals surface area contributed by atoms with E-state index in [1.165, 1.54) is 0 Å². The highest BCUT2D eigenvalue weighted by Gasteiger charge is 2.10. The molecule has 0 aliphatic carbocycles. The van der Waals surface area contributed by atoms with Gasteiger partial charge in [-0.1, -0.05) is 13.3 Å². The summed E-state index contributed by atoms with van der Waals surface area (Å²) in [7, 11) is 0. The Morgan fingerprint density at radius 3 is 2.44 bits per heavy atom. The van der Waals surface area contributed by atoms with Crippen molar-refractivity contribution in [2.45, 2.75) is 39.0 Å². The van der Waals surface area contributed by atoms with Crippen molar-refractivity contribution in [3.8, 4) is 0 Å². The average Bonchev–Trinajstić information content (AvgIpc) is 2.32. The van der Waals surface area contributed by atoms with E-state index in [0.29, 0.717) is 26.1 Å². The molecular formula is C12H24N2O4. The van der Waals surface area contributed by atoms with Crippen molar-refractivity contribution >= 4 is 12.0 Å². The molecule has 0 bridgehead atoms. The first-order valence-electron chi connectivity index (χ1n) is 6.47. The molecule has 0 aromatic heterocycles. The highest BCUT2D eigenvalue weighted by atomic mass is 16.4. The van der Waals surface area contributed by atoms with Crippen LogP contribution in [0, 0.1) is 0 Å². The minimum atomic E-state index is -0.781. The lowest BCUT2D eigenvalue weighted by Crippen LogP contribution is -2.42. The van der Waals surface area contributed by atoms with Gasteiger partial charge in [-0.2, -0.15) is 0 Å². The van der Waals surface area contributed by atoms with Crippen LogP contribution in [0.4, 0.5) is 4.79 Å². The van der Waals surface area contributed by atoms with Gasteiger partial charge in [-0.25, -0.2) is 4.79 Å². The number of nitrogens with one attached hydrogen (secondary N) is 1. The van der Waals surface area contributed by atoms with Crippen LogP contribution >= 0.6 is 0 Å². The second kappa shape index (κ2) is 10.8. The monoisotopic (exact) mass is 260 g/mol. The van der Waals surface area contributed by atoms with Crippen LogP contribution < -0.4 is 5.32 Å². The summed E-state index contributed by atoms with van der Waals surface area (Å²) < 4.78 is 0. The number of aliphatic hydroxyl groups excluding tert-OH is 1. The van der Waals surface area contributed by atoms with Crippen molar-refractivity contribution in [1.29, 1.82) is 0 Å². The first-order chi connectivity index (χ1) is 8.61. The Labute approximate surface area is 108 Å². The molecule has 0 aliphatic rings. The van der Waals surface area contributed by atoms with Crippen LogP contribution in [0.5, 0.6) is 0 Å². The summed E-state index contributed by atoms with van der Waals surface area (Å²) >= 11 is 0. The van der Waals surface area contributed by atoms with Crippen molar-refractivity contribution in [3.63, 3.8) is 0 Å². The third kappa shape index (κ3) is 8.81. The third-order valence-electron chi connectivity index (χ3n) is 2.49. The first kappa shape index (κ1) is 16.7. The summed E-state index contributed by atoms with van der Waals surface area (Å²) in [5.41, 5.74) is 0. The number of hydrogen-bond acceptors (Lipinski definition) is 3. The number of unbranched alkanes of at least 4 members (excludes halogenated alkanes) is 2. The number of urea groups is 1. The molecule has 0 spiro atoms. The molecule has 0 fully saturated rings. The lowest BCUT2D eigenvalue weighted by Gasteiger charge is -2.21.